The van der Waals surface area contributed by atoms with Crippen LogP contribution in [0.4, 0.5) is 22.0 Å². The molecule has 3 atom stereocenters. The standard InChI is InChI=1S/C15H16F5NO5.2Ac/c1-4-21(6(3)22)5(2)12(23)13(24)15(25)26-14-10(19)8(17)7(16)9(18)11(14)20;;/h5,12-13,23-24H,4H2,1-3H3;;/t5-,12?,13?;;/m0../s1. The van der Waals surface area contributed by atoms with Crippen LogP contribution in [-0.4, -0.2) is 51.8 Å². The number of amides is 1. The first kappa shape index (κ1) is 30.8. The second kappa shape index (κ2) is 13.1. The molecular weight excluding hydrogens is 823 g/mol. The molecule has 0 aromatic heterocycles. The second-order valence-corrected chi connectivity index (χ2v) is 5.30. The van der Waals surface area contributed by atoms with Gasteiger partial charge in [0.25, 0.3) is 0 Å². The van der Waals surface area contributed by atoms with E-state index in [0.717, 1.165) is 11.8 Å². The van der Waals surface area contributed by atoms with Crippen LogP contribution in [0.25, 0.3) is 0 Å². The number of hydrogen-bond acceptors (Lipinski definition) is 5. The summed E-state index contributed by atoms with van der Waals surface area (Å²) in [6.45, 7) is 4.08. The van der Waals surface area contributed by atoms with Crippen LogP contribution < -0.4 is 4.74 Å². The number of carbonyl (C=O) groups is 2. The van der Waals surface area contributed by atoms with Gasteiger partial charge in [-0.3, -0.25) is 4.79 Å². The third-order valence-corrected chi connectivity index (χ3v) is 3.67. The van der Waals surface area contributed by atoms with Crippen molar-refractivity contribution in [3.05, 3.63) is 29.1 Å². The molecule has 28 heavy (non-hydrogen) atoms. The first-order valence-electron chi connectivity index (χ1n) is 7.32. The number of aliphatic hydroxyl groups is 2. The Kier molecular flexibility index (Phi) is 14.4. The normalized spacial score (nSPS) is 13.5. The van der Waals surface area contributed by atoms with E-state index in [1.165, 1.54) is 6.92 Å². The second-order valence-electron chi connectivity index (χ2n) is 5.30. The molecule has 0 aliphatic rings. The Balaban J connectivity index is 0. The van der Waals surface area contributed by atoms with Gasteiger partial charge in [-0.15, -0.1) is 0 Å². The number of esters is 1. The smallest absolute Gasteiger partial charge is 0.343 e. The van der Waals surface area contributed by atoms with Crippen molar-refractivity contribution in [3.8, 4) is 5.75 Å². The Morgan fingerprint density at radius 3 is 1.71 bits per heavy atom. The minimum atomic E-state index is -2.45. The minimum absolute atomic E-state index is 0. The molecule has 2 radical (unpaired) electrons. The zero-order valence-electron chi connectivity index (χ0n) is 15.1. The number of likely N-dealkylation sites (N-methyl/N-ethyl adjacent to an activating group) is 1. The van der Waals surface area contributed by atoms with Gasteiger partial charge in [0, 0.05) is 102 Å². The van der Waals surface area contributed by atoms with E-state index in [4.69, 9.17) is 0 Å². The van der Waals surface area contributed by atoms with Gasteiger partial charge in [0.2, 0.25) is 40.7 Å². The third kappa shape index (κ3) is 6.82. The molecule has 0 saturated heterocycles. The molecule has 2 unspecified atom stereocenters. The van der Waals surface area contributed by atoms with Crippen molar-refractivity contribution >= 4 is 11.9 Å². The van der Waals surface area contributed by atoms with Crippen LogP contribution in [0.5, 0.6) is 5.75 Å². The average molecular weight is 839 g/mol. The molecule has 0 heterocycles. The summed E-state index contributed by atoms with van der Waals surface area (Å²) in [5.41, 5.74) is 0. The molecular formula is C15H16Ac2F5NO5. The topological polar surface area (TPSA) is 87.1 Å². The molecule has 0 aliphatic carbocycles. The number of nitrogens with zero attached hydrogens (tertiary/aromatic N) is 1. The summed E-state index contributed by atoms with van der Waals surface area (Å²) in [7, 11) is 0. The molecule has 0 fully saturated rings. The average Bonchev–Trinajstić information content (AvgIpc) is 2.60. The first-order chi connectivity index (χ1) is 11.9. The molecule has 1 aromatic carbocycles. The van der Waals surface area contributed by atoms with Gasteiger partial charge in [-0.1, -0.05) is 0 Å². The Labute approximate surface area is 228 Å². The van der Waals surface area contributed by atoms with Crippen molar-refractivity contribution in [1.82, 2.24) is 4.90 Å². The van der Waals surface area contributed by atoms with Gasteiger partial charge in [0.1, 0.15) is 6.10 Å². The van der Waals surface area contributed by atoms with Gasteiger partial charge in [0.15, 0.2) is 6.10 Å². The number of ether oxygens (including phenoxy) is 1. The molecule has 6 nitrogen and oxygen atoms in total. The molecule has 1 rings (SSSR count). The zero-order chi connectivity index (χ0) is 20.3. The van der Waals surface area contributed by atoms with E-state index in [-0.39, 0.29) is 94.7 Å². The molecule has 1 aromatic rings. The van der Waals surface area contributed by atoms with Crippen LogP contribution >= 0.6 is 0 Å². The molecule has 2 N–H and O–H groups in total. The number of aliphatic hydroxyl groups excluding tert-OH is 2. The van der Waals surface area contributed by atoms with E-state index in [0.29, 0.717) is 0 Å². The predicted octanol–water partition coefficient (Wildman–Crippen LogP) is 1.27. The van der Waals surface area contributed by atoms with Crippen molar-refractivity contribution in [2.45, 2.75) is 39.0 Å². The van der Waals surface area contributed by atoms with Crippen molar-refractivity contribution in [3.63, 3.8) is 0 Å². The molecule has 0 aliphatic heterocycles. The fourth-order valence-electron chi connectivity index (χ4n) is 2.22. The van der Waals surface area contributed by atoms with Crippen molar-refractivity contribution in [2.75, 3.05) is 6.54 Å². The predicted molar refractivity (Wildman–Crippen MR) is 76.4 cm³/mol. The number of carbonyl (C=O) groups excluding carboxylic acids is 2. The van der Waals surface area contributed by atoms with Crippen LogP contribution in [0.15, 0.2) is 0 Å². The van der Waals surface area contributed by atoms with Crippen LogP contribution in [0.1, 0.15) is 20.8 Å². The summed E-state index contributed by atoms with van der Waals surface area (Å²) >= 11 is 0. The first-order valence-corrected chi connectivity index (χ1v) is 7.32. The van der Waals surface area contributed by atoms with Crippen molar-refractivity contribution < 1.29 is 135 Å². The zero-order valence-corrected chi connectivity index (χ0v) is 24.5. The molecule has 0 saturated carbocycles. The molecule has 13 heteroatoms. The number of hydrogen-bond donors (Lipinski definition) is 2. The molecule has 152 valence electrons. The monoisotopic (exact) mass is 839 g/mol. The van der Waals surface area contributed by atoms with Crippen LogP contribution in [0.2, 0.25) is 0 Å². The van der Waals surface area contributed by atoms with Gasteiger partial charge in [0.05, 0.1) is 6.04 Å². The van der Waals surface area contributed by atoms with Crippen molar-refractivity contribution in [1.29, 1.82) is 0 Å². The van der Waals surface area contributed by atoms with Gasteiger partial charge in [-0.05, 0) is 13.8 Å². The van der Waals surface area contributed by atoms with Gasteiger partial charge in [-0.25, -0.2) is 18.0 Å². The van der Waals surface area contributed by atoms with Crippen LogP contribution in [0.3, 0.4) is 0 Å². The van der Waals surface area contributed by atoms with E-state index < -0.39 is 65.0 Å². The van der Waals surface area contributed by atoms with Gasteiger partial charge >= 0.3 is 5.97 Å². The SMILES string of the molecule is CCN(C(C)=O)[C@@H](C)C(O)C(O)C(=O)Oc1c(F)c(F)c(F)c(F)c1F.[Ac].[Ac]. The fourth-order valence-corrected chi connectivity index (χ4v) is 2.22. The number of halogens is 5. The summed E-state index contributed by atoms with van der Waals surface area (Å²) in [6, 6.07) is -1.11. The van der Waals surface area contributed by atoms with E-state index >= 15 is 0 Å². The van der Waals surface area contributed by atoms with E-state index in [9.17, 15) is 41.8 Å². The molecule has 1 amide bonds. The van der Waals surface area contributed by atoms with Gasteiger partial charge < -0.3 is 19.8 Å². The largest absolute Gasteiger partial charge is 0.418 e. The Hall–Kier alpha value is 0.613. The number of benzene rings is 1. The van der Waals surface area contributed by atoms with Gasteiger partial charge in [-0.2, -0.15) is 8.78 Å². The number of rotatable bonds is 6. The van der Waals surface area contributed by atoms with E-state index in [2.05, 4.69) is 4.74 Å². The molecule has 0 bridgehead atoms. The maximum absolute atomic E-state index is 13.5. The summed E-state index contributed by atoms with van der Waals surface area (Å²) in [6.07, 6.45) is -4.37. The molecule has 0 spiro atoms. The third-order valence-electron chi connectivity index (χ3n) is 3.67. The maximum Gasteiger partial charge on any atom is 0.343 e. The Morgan fingerprint density at radius 1 is 0.964 bits per heavy atom. The summed E-state index contributed by atoms with van der Waals surface area (Å²) in [5.74, 6) is -16.2. The minimum Gasteiger partial charge on any atom is -0.418 e. The summed E-state index contributed by atoms with van der Waals surface area (Å²) in [4.78, 5) is 24.2. The van der Waals surface area contributed by atoms with Crippen LogP contribution in [-0.2, 0) is 9.59 Å². The summed E-state index contributed by atoms with van der Waals surface area (Å²) < 4.78 is 70.1. The quantitative estimate of drug-likeness (QED) is 0.148. The van der Waals surface area contributed by atoms with E-state index in [1.807, 2.05) is 0 Å². The van der Waals surface area contributed by atoms with Crippen molar-refractivity contribution in [2.24, 2.45) is 0 Å². The van der Waals surface area contributed by atoms with Crippen LogP contribution in [0, 0.1) is 117 Å². The Bertz CT molecular complexity index is 696. The Morgan fingerprint density at radius 2 is 1.36 bits per heavy atom. The van der Waals surface area contributed by atoms with E-state index in [1.54, 1.807) is 6.92 Å². The fraction of sp³-hybridized carbons (Fsp3) is 0.467. The maximum atomic E-state index is 13.5. The summed E-state index contributed by atoms with van der Waals surface area (Å²) in [5, 5.41) is 19.7.